The van der Waals surface area contributed by atoms with Gasteiger partial charge in [-0.3, -0.25) is 9.69 Å². The normalized spacial score (nSPS) is 15.0. The summed E-state index contributed by atoms with van der Waals surface area (Å²) >= 11 is 0. The van der Waals surface area contributed by atoms with Gasteiger partial charge in [-0.05, 0) is 54.8 Å². The van der Waals surface area contributed by atoms with Crippen LogP contribution >= 0.6 is 0 Å². The van der Waals surface area contributed by atoms with E-state index in [1.807, 2.05) is 38.1 Å². The number of amides is 3. The van der Waals surface area contributed by atoms with Crippen LogP contribution in [0.15, 0.2) is 79.0 Å². The lowest BCUT2D eigenvalue weighted by Crippen LogP contribution is -2.30. The molecule has 3 amide bonds. The first-order valence-electron chi connectivity index (χ1n) is 9.80. The number of hydrogen-bond donors (Lipinski definition) is 1. The minimum absolute atomic E-state index is 0.189. The van der Waals surface area contributed by atoms with Crippen LogP contribution in [0, 0.1) is 13.8 Å². The van der Waals surface area contributed by atoms with Crippen LogP contribution < -0.4 is 5.32 Å². The lowest BCUT2D eigenvalue weighted by molar-refractivity contribution is -0.122. The van der Waals surface area contributed by atoms with Gasteiger partial charge in [-0.2, -0.15) is 0 Å². The van der Waals surface area contributed by atoms with Crippen LogP contribution in [0.5, 0.6) is 0 Å². The summed E-state index contributed by atoms with van der Waals surface area (Å²) in [6.07, 6.45) is 3.27. The fraction of sp³-hybridized carbons (Fsp3) is 0.120. The largest absolute Gasteiger partial charge is 0.329 e. The van der Waals surface area contributed by atoms with E-state index in [4.69, 9.17) is 0 Å². The predicted octanol–water partition coefficient (Wildman–Crippen LogP) is 4.84. The minimum Gasteiger partial charge on any atom is -0.318 e. The van der Waals surface area contributed by atoms with Crippen molar-refractivity contribution in [2.45, 2.75) is 13.8 Å². The smallest absolute Gasteiger partial charge is 0.318 e. The zero-order chi connectivity index (χ0) is 21.3. The van der Waals surface area contributed by atoms with E-state index >= 15 is 0 Å². The lowest BCUT2D eigenvalue weighted by atomic mass is 10.1. The molecule has 1 fully saturated rings. The number of hydrogen-bond acceptors (Lipinski definition) is 2. The molecule has 0 aliphatic carbocycles. The maximum absolute atomic E-state index is 12.5. The zero-order valence-electron chi connectivity index (χ0n) is 17.1. The average molecular weight is 397 g/mol. The molecule has 1 saturated heterocycles. The van der Waals surface area contributed by atoms with Crippen molar-refractivity contribution in [2.24, 2.45) is 0 Å². The molecule has 4 rings (SSSR count). The molecule has 1 aliphatic heterocycles. The Kier molecular flexibility index (Phi) is 5.11. The van der Waals surface area contributed by atoms with Crippen LogP contribution in [0.3, 0.4) is 0 Å². The fourth-order valence-electron chi connectivity index (χ4n) is 3.79. The molecule has 0 radical (unpaired) electrons. The number of aromatic nitrogens is 1. The molecule has 150 valence electrons. The van der Waals surface area contributed by atoms with Crippen molar-refractivity contribution < 1.29 is 9.59 Å². The Balaban J connectivity index is 1.66. The Morgan fingerprint density at radius 1 is 0.967 bits per heavy atom. The molecule has 30 heavy (non-hydrogen) atoms. The molecule has 1 aromatic heterocycles. The molecule has 0 saturated carbocycles. The van der Waals surface area contributed by atoms with Crippen LogP contribution in [-0.2, 0) is 4.79 Å². The second-order valence-electron chi connectivity index (χ2n) is 7.27. The van der Waals surface area contributed by atoms with Crippen LogP contribution in [-0.4, -0.2) is 28.0 Å². The number of imide groups is 1. The maximum atomic E-state index is 12.5. The molecule has 1 N–H and O–H groups in total. The van der Waals surface area contributed by atoms with Crippen molar-refractivity contribution >= 4 is 18.0 Å². The van der Waals surface area contributed by atoms with Gasteiger partial charge in [0.1, 0.15) is 5.70 Å². The number of carbonyl (C=O) groups is 2. The van der Waals surface area contributed by atoms with Gasteiger partial charge in [0.2, 0.25) is 0 Å². The molecular formula is C25H23N3O2. The molecule has 3 aromatic rings. The van der Waals surface area contributed by atoms with Gasteiger partial charge in [-0.15, -0.1) is 6.58 Å². The Morgan fingerprint density at radius 2 is 1.63 bits per heavy atom. The first-order chi connectivity index (χ1) is 14.5. The monoisotopic (exact) mass is 397 g/mol. The Hall–Kier alpha value is -3.86. The third kappa shape index (κ3) is 3.46. The van der Waals surface area contributed by atoms with Gasteiger partial charge in [-0.25, -0.2) is 4.79 Å². The van der Waals surface area contributed by atoms with Gasteiger partial charge in [-0.1, -0.05) is 48.5 Å². The molecule has 0 spiro atoms. The number of rotatable bonds is 5. The molecule has 0 unspecified atom stereocenters. The van der Waals surface area contributed by atoms with E-state index in [-0.39, 0.29) is 18.1 Å². The number of benzene rings is 2. The summed E-state index contributed by atoms with van der Waals surface area (Å²) < 4.78 is 2.14. The highest BCUT2D eigenvalue weighted by Crippen LogP contribution is 2.26. The number of nitrogens with zero attached hydrogens (tertiary/aromatic N) is 2. The van der Waals surface area contributed by atoms with E-state index in [0.29, 0.717) is 0 Å². The summed E-state index contributed by atoms with van der Waals surface area (Å²) in [5.74, 6) is -0.336. The summed E-state index contributed by atoms with van der Waals surface area (Å²) in [5, 5.41) is 2.65. The van der Waals surface area contributed by atoms with E-state index in [9.17, 15) is 9.59 Å². The second-order valence-corrected chi connectivity index (χ2v) is 7.27. The van der Waals surface area contributed by atoms with Gasteiger partial charge < -0.3 is 9.88 Å². The highest BCUT2D eigenvalue weighted by atomic mass is 16.2. The number of urea groups is 1. The van der Waals surface area contributed by atoms with Gasteiger partial charge in [0.15, 0.2) is 0 Å². The predicted molar refractivity (Wildman–Crippen MR) is 119 cm³/mol. The van der Waals surface area contributed by atoms with Crippen molar-refractivity contribution in [3.05, 3.63) is 96.0 Å². The molecule has 2 aromatic carbocycles. The van der Waals surface area contributed by atoms with Crippen molar-refractivity contribution in [2.75, 3.05) is 6.54 Å². The molecule has 0 atom stereocenters. The third-order valence-electron chi connectivity index (χ3n) is 5.28. The average Bonchev–Trinajstić information content (AvgIpc) is 3.18. The van der Waals surface area contributed by atoms with Crippen molar-refractivity contribution in [3.8, 4) is 16.8 Å². The van der Waals surface area contributed by atoms with Gasteiger partial charge in [0.25, 0.3) is 5.91 Å². The molecule has 1 aliphatic rings. The quantitative estimate of drug-likeness (QED) is 0.380. The summed E-state index contributed by atoms with van der Waals surface area (Å²) in [4.78, 5) is 25.6. The highest BCUT2D eigenvalue weighted by molar-refractivity contribution is 6.14. The number of carbonyl (C=O) groups excluding carboxylic acids is 2. The standard InChI is InChI=1S/C25H23N3O2/c1-4-14-27-24(29)23(26-25(27)30)16-21-15-17(2)28(18(21)3)22-12-10-20(11-13-22)19-8-6-5-7-9-19/h4-13,15-16H,1,14H2,2-3H3,(H,26,30)/b23-16-. The first kappa shape index (κ1) is 19.5. The second kappa shape index (κ2) is 7.87. The molecule has 0 bridgehead atoms. The van der Waals surface area contributed by atoms with Crippen LogP contribution in [0.1, 0.15) is 17.0 Å². The van der Waals surface area contributed by atoms with Crippen molar-refractivity contribution in [3.63, 3.8) is 0 Å². The SMILES string of the molecule is C=CCN1C(=O)N/C(=C\c2cc(C)n(-c3ccc(-c4ccccc4)cc3)c2C)C1=O. The topological polar surface area (TPSA) is 54.3 Å². The minimum atomic E-state index is -0.420. The molecule has 5 nitrogen and oxygen atoms in total. The van der Waals surface area contributed by atoms with E-state index in [1.54, 1.807) is 6.08 Å². The maximum Gasteiger partial charge on any atom is 0.329 e. The zero-order valence-corrected chi connectivity index (χ0v) is 17.1. The van der Waals surface area contributed by atoms with E-state index in [1.165, 1.54) is 11.6 Å². The summed E-state index contributed by atoms with van der Waals surface area (Å²) in [6, 6.07) is 20.2. The lowest BCUT2D eigenvalue weighted by Gasteiger charge is -2.11. The third-order valence-corrected chi connectivity index (χ3v) is 5.28. The number of aryl methyl sites for hydroxylation is 1. The van der Waals surface area contributed by atoms with Crippen molar-refractivity contribution in [1.82, 2.24) is 14.8 Å². The molecular weight excluding hydrogens is 374 g/mol. The van der Waals surface area contributed by atoms with Crippen molar-refractivity contribution in [1.29, 1.82) is 0 Å². The van der Waals surface area contributed by atoms with Gasteiger partial charge >= 0.3 is 6.03 Å². The molecule has 2 heterocycles. The summed E-state index contributed by atoms with van der Waals surface area (Å²) in [6.45, 7) is 7.82. The number of nitrogens with one attached hydrogen (secondary N) is 1. The fourth-order valence-corrected chi connectivity index (χ4v) is 3.79. The summed E-state index contributed by atoms with van der Waals surface area (Å²) in [7, 11) is 0. The first-order valence-corrected chi connectivity index (χ1v) is 9.80. The van der Waals surface area contributed by atoms with Gasteiger partial charge in [0.05, 0.1) is 0 Å². The Labute approximate surface area is 175 Å². The van der Waals surface area contributed by atoms with E-state index < -0.39 is 6.03 Å². The Morgan fingerprint density at radius 3 is 2.30 bits per heavy atom. The van der Waals surface area contributed by atoms with Crippen LogP contribution in [0.2, 0.25) is 0 Å². The highest BCUT2D eigenvalue weighted by Gasteiger charge is 2.32. The van der Waals surface area contributed by atoms with E-state index in [0.717, 1.165) is 33.1 Å². The summed E-state index contributed by atoms with van der Waals surface area (Å²) in [5.41, 5.74) is 6.60. The van der Waals surface area contributed by atoms with Gasteiger partial charge in [0, 0.05) is 23.6 Å². The Bertz CT molecular complexity index is 1160. The van der Waals surface area contributed by atoms with Crippen LogP contribution in [0.4, 0.5) is 4.79 Å². The van der Waals surface area contributed by atoms with E-state index in [2.05, 4.69) is 52.9 Å². The molecule has 5 heteroatoms. The van der Waals surface area contributed by atoms with Crippen LogP contribution in [0.25, 0.3) is 22.9 Å².